The molecule has 1 amide bonds. The normalized spacial score (nSPS) is 11.6. The summed E-state index contributed by atoms with van der Waals surface area (Å²) in [6.45, 7) is 3.85. The third kappa shape index (κ3) is 4.87. The SMILES string of the molecule is Cc1ccc(C)c(NC(=O)C(OC(=O)c2csc(-c3ncccn3)n2)c2ccccc2)c1. The average Bonchev–Trinajstić information content (AvgIpc) is 3.31. The Balaban J connectivity index is 1.57. The standard InChI is InChI=1S/C24H20N4O3S/c1-15-9-10-16(2)18(13-15)27-22(29)20(17-7-4-3-5-8-17)31-24(30)19-14-32-23(28-19)21-25-11-6-12-26-21/h3-14,20H,1-2H3,(H,27,29). The van der Waals surface area contributed by atoms with Crippen molar-refractivity contribution in [3.05, 3.63) is 94.8 Å². The summed E-state index contributed by atoms with van der Waals surface area (Å²) >= 11 is 1.23. The van der Waals surface area contributed by atoms with E-state index in [1.54, 1.807) is 48.1 Å². The fraction of sp³-hybridized carbons (Fsp3) is 0.125. The number of anilines is 1. The minimum Gasteiger partial charge on any atom is -0.443 e. The average molecular weight is 445 g/mol. The Morgan fingerprint density at radius 3 is 2.50 bits per heavy atom. The van der Waals surface area contributed by atoms with Gasteiger partial charge < -0.3 is 10.1 Å². The third-order valence-electron chi connectivity index (χ3n) is 4.69. The number of thiazole rings is 1. The predicted octanol–water partition coefficient (Wildman–Crippen LogP) is 4.75. The van der Waals surface area contributed by atoms with Crippen LogP contribution in [0.3, 0.4) is 0 Å². The molecule has 0 aliphatic carbocycles. The number of carbonyl (C=O) groups is 2. The molecule has 0 aliphatic heterocycles. The van der Waals surface area contributed by atoms with Crippen LogP contribution in [0.15, 0.2) is 72.4 Å². The zero-order valence-electron chi connectivity index (χ0n) is 17.5. The second-order valence-electron chi connectivity index (χ2n) is 7.11. The summed E-state index contributed by atoms with van der Waals surface area (Å²) < 4.78 is 5.63. The quantitative estimate of drug-likeness (QED) is 0.431. The Kier molecular flexibility index (Phi) is 6.32. The molecule has 1 atom stereocenters. The number of aromatic nitrogens is 3. The van der Waals surface area contributed by atoms with Crippen LogP contribution < -0.4 is 5.32 Å². The lowest BCUT2D eigenvalue weighted by Gasteiger charge is -2.18. The Labute approximate surface area is 189 Å². The molecular formula is C24H20N4O3S. The molecular weight excluding hydrogens is 424 g/mol. The molecule has 0 saturated heterocycles. The summed E-state index contributed by atoms with van der Waals surface area (Å²) in [6, 6.07) is 16.4. The van der Waals surface area contributed by atoms with Crippen LogP contribution in [0, 0.1) is 13.8 Å². The van der Waals surface area contributed by atoms with Gasteiger partial charge in [-0.05, 0) is 37.1 Å². The van der Waals surface area contributed by atoms with Gasteiger partial charge in [0.15, 0.2) is 16.5 Å². The van der Waals surface area contributed by atoms with Gasteiger partial charge in [-0.25, -0.2) is 19.7 Å². The number of nitrogens with zero attached hydrogens (tertiary/aromatic N) is 3. The van der Waals surface area contributed by atoms with Crippen molar-refractivity contribution in [3.63, 3.8) is 0 Å². The third-order valence-corrected chi connectivity index (χ3v) is 5.52. The summed E-state index contributed by atoms with van der Waals surface area (Å²) in [5.74, 6) is -0.725. The van der Waals surface area contributed by atoms with Gasteiger partial charge in [-0.3, -0.25) is 4.79 Å². The van der Waals surface area contributed by atoms with Crippen molar-refractivity contribution in [2.45, 2.75) is 20.0 Å². The Morgan fingerprint density at radius 2 is 1.75 bits per heavy atom. The molecule has 8 heteroatoms. The maximum absolute atomic E-state index is 13.1. The largest absolute Gasteiger partial charge is 0.443 e. The molecule has 160 valence electrons. The highest BCUT2D eigenvalue weighted by molar-refractivity contribution is 7.13. The van der Waals surface area contributed by atoms with Gasteiger partial charge in [0.1, 0.15) is 0 Å². The zero-order chi connectivity index (χ0) is 22.5. The summed E-state index contributed by atoms with van der Waals surface area (Å²) in [7, 11) is 0. The van der Waals surface area contributed by atoms with Crippen molar-refractivity contribution < 1.29 is 14.3 Å². The number of hydrogen-bond donors (Lipinski definition) is 1. The summed E-state index contributed by atoms with van der Waals surface area (Å²) in [5.41, 5.74) is 3.25. The Hall–Kier alpha value is -3.91. The van der Waals surface area contributed by atoms with E-state index in [-0.39, 0.29) is 5.69 Å². The summed E-state index contributed by atoms with van der Waals surface area (Å²) in [5, 5.41) is 4.95. The predicted molar refractivity (Wildman–Crippen MR) is 122 cm³/mol. The van der Waals surface area contributed by atoms with Crippen molar-refractivity contribution in [3.8, 4) is 10.8 Å². The van der Waals surface area contributed by atoms with Crippen LogP contribution in [0.1, 0.15) is 33.3 Å². The number of ether oxygens (including phenoxy) is 1. The first-order chi connectivity index (χ1) is 15.5. The molecule has 0 aliphatic rings. The second kappa shape index (κ2) is 9.49. The molecule has 2 aromatic carbocycles. The fourth-order valence-electron chi connectivity index (χ4n) is 3.02. The van der Waals surface area contributed by atoms with Crippen molar-refractivity contribution in [2.75, 3.05) is 5.32 Å². The molecule has 0 fully saturated rings. The van der Waals surface area contributed by atoms with Crippen LogP contribution in [0.2, 0.25) is 0 Å². The van der Waals surface area contributed by atoms with Crippen LogP contribution in [-0.2, 0) is 9.53 Å². The topological polar surface area (TPSA) is 94.1 Å². The molecule has 0 radical (unpaired) electrons. The number of benzene rings is 2. The highest BCUT2D eigenvalue weighted by atomic mass is 32.1. The molecule has 1 N–H and O–H groups in total. The van der Waals surface area contributed by atoms with Gasteiger partial charge >= 0.3 is 5.97 Å². The lowest BCUT2D eigenvalue weighted by atomic mass is 10.1. The van der Waals surface area contributed by atoms with E-state index in [2.05, 4.69) is 20.3 Å². The number of aryl methyl sites for hydroxylation is 2. The molecule has 0 spiro atoms. The lowest BCUT2D eigenvalue weighted by Crippen LogP contribution is -2.26. The van der Waals surface area contributed by atoms with Crippen molar-refractivity contribution >= 4 is 28.9 Å². The number of nitrogens with one attached hydrogen (secondary N) is 1. The number of amides is 1. The maximum atomic E-state index is 13.1. The summed E-state index contributed by atoms with van der Waals surface area (Å²) in [6.07, 6.45) is 2.07. The molecule has 7 nitrogen and oxygen atoms in total. The highest BCUT2D eigenvalue weighted by Gasteiger charge is 2.27. The van der Waals surface area contributed by atoms with Gasteiger partial charge in [-0.2, -0.15) is 0 Å². The van der Waals surface area contributed by atoms with E-state index >= 15 is 0 Å². The van der Waals surface area contributed by atoms with Gasteiger partial charge in [0.25, 0.3) is 5.91 Å². The monoisotopic (exact) mass is 444 g/mol. The van der Waals surface area contributed by atoms with E-state index < -0.39 is 18.0 Å². The molecule has 1 unspecified atom stereocenters. The molecule has 32 heavy (non-hydrogen) atoms. The Morgan fingerprint density at radius 1 is 1.00 bits per heavy atom. The van der Waals surface area contributed by atoms with E-state index in [1.165, 1.54) is 11.3 Å². The Bertz CT molecular complexity index is 1240. The van der Waals surface area contributed by atoms with Crippen molar-refractivity contribution in [1.29, 1.82) is 0 Å². The van der Waals surface area contributed by atoms with E-state index in [0.717, 1.165) is 11.1 Å². The minimum absolute atomic E-state index is 0.0953. The molecule has 2 aromatic heterocycles. The second-order valence-corrected chi connectivity index (χ2v) is 7.97. The molecule has 0 bridgehead atoms. The van der Waals surface area contributed by atoms with Crippen LogP contribution in [0.25, 0.3) is 10.8 Å². The first-order valence-electron chi connectivity index (χ1n) is 9.88. The van der Waals surface area contributed by atoms with E-state index in [4.69, 9.17) is 4.74 Å². The molecule has 0 saturated carbocycles. The lowest BCUT2D eigenvalue weighted by molar-refractivity contribution is -0.125. The van der Waals surface area contributed by atoms with Crippen molar-refractivity contribution in [2.24, 2.45) is 0 Å². The zero-order valence-corrected chi connectivity index (χ0v) is 18.3. The summed E-state index contributed by atoms with van der Waals surface area (Å²) in [4.78, 5) is 38.6. The molecule has 4 rings (SSSR count). The van der Waals surface area contributed by atoms with Crippen LogP contribution in [0.5, 0.6) is 0 Å². The number of esters is 1. The van der Waals surface area contributed by atoms with E-state index in [1.807, 2.05) is 38.1 Å². The first-order valence-corrected chi connectivity index (χ1v) is 10.8. The van der Waals surface area contributed by atoms with Gasteiger partial charge in [0.05, 0.1) is 0 Å². The van der Waals surface area contributed by atoms with E-state index in [9.17, 15) is 9.59 Å². The van der Waals surface area contributed by atoms with Crippen molar-refractivity contribution in [1.82, 2.24) is 15.0 Å². The first kappa shape index (κ1) is 21.3. The smallest absolute Gasteiger partial charge is 0.358 e. The van der Waals surface area contributed by atoms with Crippen LogP contribution in [0.4, 0.5) is 5.69 Å². The minimum atomic E-state index is -1.14. The van der Waals surface area contributed by atoms with Crippen LogP contribution in [-0.4, -0.2) is 26.8 Å². The number of rotatable bonds is 6. The number of carbonyl (C=O) groups excluding carboxylic acids is 2. The highest BCUT2D eigenvalue weighted by Crippen LogP contribution is 2.25. The van der Waals surface area contributed by atoms with Gasteiger partial charge in [-0.1, -0.05) is 42.5 Å². The molecule has 2 heterocycles. The van der Waals surface area contributed by atoms with Gasteiger partial charge in [-0.15, -0.1) is 11.3 Å². The van der Waals surface area contributed by atoms with Gasteiger partial charge in [0, 0.05) is 29.0 Å². The van der Waals surface area contributed by atoms with E-state index in [0.29, 0.717) is 22.1 Å². The van der Waals surface area contributed by atoms with Gasteiger partial charge in [0.2, 0.25) is 6.10 Å². The maximum Gasteiger partial charge on any atom is 0.358 e. The fourth-order valence-corrected chi connectivity index (χ4v) is 3.75. The van der Waals surface area contributed by atoms with Crippen LogP contribution >= 0.6 is 11.3 Å². The molecule has 4 aromatic rings. The number of hydrogen-bond acceptors (Lipinski definition) is 7.